The Balaban J connectivity index is 1.51. The van der Waals surface area contributed by atoms with Gasteiger partial charge in [-0.1, -0.05) is 11.2 Å². The van der Waals surface area contributed by atoms with Crippen molar-refractivity contribution in [3.8, 4) is 11.5 Å². The molecule has 22 heavy (non-hydrogen) atoms. The quantitative estimate of drug-likeness (QED) is 0.920. The molecular formula is C17H20N2O3. The van der Waals surface area contributed by atoms with Gasteiger partial charge < -0.3 is 19.3 Å². The molecule has 4 rings (SSSR count). The molecule has 1 aliphatic heterocycles. The van der Waals surface area contributed by atoms with Crippen molar-refractivity contribution in [3.05, 3.63) is 41.3 Å². The molecule has 0 radical (unpaired) electrons. The summed E-state index contributed by atoms with van der Waals surface area (Å²) in [7, 11) is 0. The van der Waals surface area contributed by atoms with Crippen LogP contribution in [0.15, 0.2) is 28.8 Å². The smallest absolute Gasteiger partial charge is 0.161 e. The van der Waals surface area contributed by atoms with Crippen molar-refractivity contribution in [1.82, 2.24) is 10.5 Å². The molecule has 1 aromatic carbocycles. The molecule has 1 aromatic heterocycles. The van der Waals surface area contributed by atoms with E-state index >= 15 is 0 Å². The average Bonchev–Trinajstić information content (AvgIpc) is 3.29. The minimum absolute atomic E-state index is 0.327. The third kappa shape index (κ3) is 2.81. The second-order valence-corrected chi connectivity index (χ2v) is 6.03. The molecular weight excluding hydrogens is 280 g/mol. The number of ether oxygens (including phenoxy) is 2. The first-order valence-corrected chi connectivity index (χ1v) is 7.85. The molecule has 1 N–H and O–H groups in total. The predicted octanol–water partition coefficient (Wildman–Crippen LogP) is 3.00. The number of rotatable bonds is 5. The van der Waals surface area contributed by atoms with Crippen LogP contribution in [0.4, 0.5) is 0 Å². The molecule has 1 fully saturated rings. The highest BCUT2D eigenvalue weighted by Gasteiger charge is 2.32. The van der Waals surface area contributed by atoms with Crippen LogP contribution in [0.25, 0.3) is 0 Å². The van der Waals surface area contributed by atoms with Crippen LogP contribution in [0.5, 0.6) is 11.5 Å². The standard InChI is InChI=1S/C17H20N2O3/c1-11-8-14(19-22-11)10-18-17(12-2-3-12)13-4-5-15-16(9-13)21-7-6-20-15/h4-5,8-9,12,17-18H,2-3,6-7,10H2,1H3. The first kappa shape index (κ1) is 13.6. The first-order chi connectivity index (χ1) is 10.8. The topological polar surface area (TPSA) is 56.5 Å². The second-order valence-electron chi connectivity index (χ2n) is 6.03. The highest BCUT2D eigenvalue weighted by atomic mass is 16.6. The zero-order valence-electron chi connectivity index (χ0n) is 12.7. The zero-order chi connectivity index (χ0) is 14.9. The summed E-state index contributed by atoms with van der Waals surface area (Å²) in [6.45, 7) is 3.88. The van der Waals surface area contributed by atoms with Gasteiger partial charge in [-0.2, -0.15) is 0 Å². The minimum Gasteiger partial charge on any atom is -0.486 e. The third-order valence-corrected chi connectivity index (χ3v) is 4.20. The number of benzene rings is 1. The van der Waals surface area contributed by atoms with Gasteiger partial charge in [0.25, 0.3) is 0 Å². The summed E-state index contributed by atoms with van der Waals surface area (Å²) < 4.78 is 16.4. The van der Waals surface area contributed by atoms with E-state index in [2.05, 4.69) is 22.6 Å². The average molecular weight is 300 g/mol. The Bertz CT molecular complexity index is 664. The fourth-order valence-corrected chi connectivity index (χ4v) is 2.96. The molecule has 1 aliphatic carbocycles. The molecule has 0 saturated heterocycles. The molecule has 116 valence electrons. The van der Waals surface area contributed by atoms with E-state index in [4.69, 9.17) is 14.0 Å². The van der Waals surface area contributed by atoms with E-state index in [-0.39, 0.29) is 0 Å². The lowest BCUT2D eigenvalue weighted by Gasteiger charge is -2.22. The maximum Gasteiger partial charge on any atom is 0.161 e. The van der Waals surface area contributed by atoms with Crippen LogP contribution in [-0.2, 0) is 6.54 Å². The van der Waals surface area contributed by atoms with Crippen LogP contribution in [0.2, 0.25) is 0 Å². The number of aromatic nitrogens is 1. The van der Waals surface area contributed by atoms with E-state index in [9.17, 15) is 0 Å². The van der Waals surface area contributed by atoms with Crippen molar-refractivity contribution < 1.29 is 14.0 Å². The molecule has 0 spiro atoms. The Labute approximate surface area is 129 Å². The SMILES string of the molecule is Cc1cc(CNC(c2ccc3c(c2)OCCO3)C2CC2)no1. The molecule has 5 heteroatoms. The van der Waals surface area contributed by atoms with E-state index < -0.39 is 0 Å². The van der Waals surface area contributed by atoms with Crippen LogP contribution >= 0.6 is 0 Å². The Morgan fingerprint density at radius 1 is 1.18 bits per heavy atom. The number of fused-ring (bicyclic) bond motifs is 1. The largest absolute Gasteiger partial charge is 0.486 e. The summed E-state index contributed by atoms with van der Waals surface area (Å²) in [4.78, 5) is 0. The summed E-state index contributed by atoms with van der Waals surface area (Å²) in [5, 5.41) is 7.66. The Hall–Kier alpha value is -2.01. The molecule has 1 unspecified atom stereocenters. The second kappa shape index (κ2) is 5.65. The summed E-state index contributed by atoms with van der Waals surface area (Å²) in [6.07, 6.45) is 2.54. The van der Waals surface area contributed by atoms with Gasteiger partial charge in [0.05, 0.1) is 5.69 Å². The van der Waals surface area contributed by atoms with E-state index in [1.807, 2.05) is 19.1 Å². The lowest BCUT2D eigenvalue weighted by molar-refractivity contribution is 0.171. The van der Waals surface area contributed by atoms with Gasteiger partial charge in [-0.05, 0) is 43.4 Å². The van der Waals surface area contributed by atoms with Crippen molar-refractivity contribution in [2.45, 2.75) is 32.4 Å². The number of nitrogens with zero attached hydrogens (tertiary/aromatic N) is 1. The van der Waals surface area contributed by atoms with E-state index in [0.717, 1.165) is 23.0 Å². The lowest BCUT2D eigenvalue weighted by Crippen LogP contribution is -2.23. The molecule has 2 aromatic rings. The van der Waals surface area contributed by atoms with Crippen LogP contribution in [0.1, 0.15) is 35.9 Å². The molecule has 5 nitrogen and oxygen atoms in total. The first-order valence-electron chi connectivity index (χ1n) is 7.85. The van der Waals surface area contributed by atoms with Crippen LogP contribution in [0.3, 0.4) is 0 Å². The predicted molar refractivity (Wildman–Crippen MR) is 81.0 cm³/mol. The lowest BCUT2D eigenvalue weighted by atomic mass is 10.0. The monoisotopic (exact) mass is 300 g/mol. The minimum atomic E-state index is 0.327. The highest BCUT2D eigenvalue weighted by molar-refractivity contribution is 5.45. The summed E-state index contributed by atoms with van der Waals surface area (Å²) in [5.41, 5.74) is 2.20. The number of nitrogens with one attached hydrogen (secondary N) is 1. The number of hydrogen-bond acceptors (Lipinski definition) is 5. The molecule has 0 amide bonds. The highest BCUT2D eigenvalue weighted by Crippen LogP contribution is 2.43. The van der Waals surface area contributed by atoms with E-state index in [1.54, 1.807) is 0 Å². The van der Waals surface area contributed by atoms with E-state index in [1.165, 1.54) is 18.4 Å². The van der Waals surface area contributed by atoms with Gasteiger partial charge in [0, 0.05) is 18.7 Å². The molecule has 2 aliphatic rings. The summed E-state index contributed by atoms with van der Waals surface area (Å²) in [5.74, 6) is 3.24. The van der Waals surface area contributed by atoms with Gasteiger partial charge in [-0.15, -0.1) is 0 Å². The van der Waals surface area contributed by atoms with E-state index in [0.29, 0.717) is 31.7 Å². The fourth-order valence-electron chi connectivity index (χ4n) is 2.96. The maximum atomic E-state index is 5.70. The Morgan fingerprint density at radius 3 is 2.73 bits per heavy atom. The molecule has 0 bridgehead atoms. The van der Waals surface area contributed by atoms with Crippen molar-refractivity contribution in [3.63, 3.8) is 0 Å². The molecule has 1 atom stereocenters. The maximum absolute atomic E-state index is 5.70. The van der Waals surface area contributed by atoms with Crippen LogP contribution < -0.4 is 14.8 Å². The number of hydrogen-bond donors (Lipinski definition) is 1. The normalized spacial score (nSPS) is 18.2. The van der Waals surface area contributed by atoms with Crippen molar-refractivity contribution in [2.75, 3.05) is 13.2 Å². The van der Waals surface area contributed by atoms with Gasteiger partial charge in [0.15, 0.2) is 11.5 Å². The summed E-state index contributed by atoms with van der Waals surface area (Å²) in [6, 6.07) is 8.56. The third-order valence-electron chi connectivity index (χ3n) is 4.20. The summed E-state index contributed by atoms with van der Waals surface area (Å²) >= 11 is 0. The van der Waals surface area contributed by atoms with Crippen LogP contribution in [0, 0.1) is 12.8 Å². The Morgan fingerprint density at radius 2 is 2.00 bits per heavy atom. The zero-order valence-corrected chi connectivity index (χ0v) is 12.7. The molecule has 1 saturated carbocycles. The fraction of sp³-hybridized carbons (Fsp3) is 0.471. The van der Waals surface area contributed by atoms with Crippen molar-refractivity contribution >= 4 is 0 Å². The van der Waals surface area contributed by atoms with Gasteiger partial charge in [-0.25, -0.2) is 0 Å². The van der Waals surface area contributed by atoms with Gasteiger partial charge in [-0.3, -0.25) is 0 Å². The molecule has 2 heterocycles. The van der Waals surface area contributed by atoms with Crippen molar-refractivity contribution in [1.29, 1.82) is 0 Å². The number of aryl methyl sites for hydroxylation is 1. The Kier molecular flexibility index (Phi) is 3.50. The van der Waals surface area contributed by atoms with Crippen molar-refractivity contribution in [2.24, 2.45) is 5.92 Å². The van der Waals surface area contributed by atoms with Gasteiger partial charge in [0.1, 0.15) is 19.0 Å². The van der Waals surface area contributed by atoms with Gasteiger partial charge >= 0.3 is 0 Å². The van der Waals surface area contributed by atoms with Gasteiger partial charge in [0.2, 0.25) is 0 Å². The van der Waals surface area contributed by atoms with Crippen LogP contribution in [-0.4, -0.2) is 18.4 Å².